The quantitative estimate of drug-likeness (QED) is 0.507. The second kappa shape index (κ2) is 9.20. The molecule has 0 saturated carbocycles. The summed E-state index contributed by atoms with van der Waals surface area (Å²) in [6.07, 6.45) is -3.17. The van der Waals surface area contributed by atoms with E-state index in [2.05, 4.69) is 25.9 Å². The number of hydrogen-bond acceptors (Lipinski definition) is 6. The molecule has 0 atom stereocenters. The average Bonchev–Trinajstić information content (AvgIpc) is 2.74. The fraction of sp³-hybridized carbons (Fsp3) is 0.150. The normalized spacial score (nSPS) is 10.9. The Kier molecular flexibility index (Phi) is 6.43. The molecule has 0 radical (unpaired) electrons. The highest BCUT2D eigenvalue weighted by atomic mass is 19.4. The molecule has 3 rings (SSSR count). The lowest BCUT2D eigenvalue weighted by molar-refractivity contribution is -0.137. The topological polar surface area (TPSA) is 97.4 Å². The number of anilines is 3. The van der Waals surface area contributed by atoms with Gasteiger partial charge in [0, 0.05) is 30.6 Å². The molecule has 2 aromatic carbocycles. The van der Waals surface area contributed by atoms with Crippen LogP contribution in [0.1, 0.15) is 5.56 Å². The second-order valence-corrected chi connectivity index (χ2v) is 6.12. The van der Waals surface area contributed by atoms with Gasteiger partial charge in [-0.25, -0.2) is 14.8 Å². The summed E-state index contributed by atoms with van der Waals surface area (Å²) in [7, 11) is 3.13. The molecule has 8 nitrogen and oxygen atoms in total. The maximum atomic E-state index is 12.8. The standard InChI is InChI=1S/C20H18F3N5O3/c1-24-17-10-18(26-11-25-17)31-15-7-6-14(9-16(15)30-2)28-19(29)27-13-5-3-4-12(8-13)20(21,22)23/h3-11H,1-2H3,(H,24,25,26)(H2,27,28,29). The van der Waals surface area contributed by atoms with Crippen LogP contribution in [0.3, 0.4) is 0 Å². The zero-order valence-corrected chi connectivity index (χ0v) is 16.4. The monoisotopic (exact) mass is 433 g/mol. The van der Waals surface area contributed by atoms with Crippen LogP contribution in [0.5, 0.6) is 17.4 Å². The van der Waals surface area contributed by atoms with Crippen LogP contribution in [-0.2, 0) is 6.18 Å². The Morgan fingerprint density at radius 1 is 0.968 bits per heavy atom. The first-order valence-corrected chi connectivity index (χ1v) is 8.89. The van der Waals surface area contributed by atoms with E-state index in [1.54, 1.807) is 25.2 Å². The van der Waals surface area contributed by atoms with Gasteiger partial charge in [0.05, 0.1) is 12.7 Å². The van der Waals surface area contributed by atoms with Crippen LogP contribution >= 0.6 is 0 Å². The van der Waals surface area contributed by atoms with Gasteiger partial charge < -0.3 is 25.4 Å². The first kappa shape index (κ1) is 21.7. The van der Waals surface area contributed by atoms with Crippen LogP contribution < -0.4 is 25.4 Å². The second-order valence-electron chi connectivity index (χ2n) is 6.12. The minimum absolute atomic E-state index is 0.00310. The van der Waals surface area contributed by atoms with Gasteiger partial charge in [-0.1, -0.05) is 6.07 Å². The fourth-order valence-corrected chi connectivity index (χ4v) is 2.54. The third-order valence-electron chi connectivity index (χ3n) is 3.98. The summed E-state index contributed by atoms with van der Waals surface area (Å²) in [5.74, 6) is 1.49. The van der Waals surface area contributed by atoms with Crippen molar-refractivity contribution in [1.29, 1.82) is 0 Å². The van der Waals surface area contributed by atoms with Gasteiger partial charge in [0.1, 0.15) is 12.1 Å². The highest BCUT2D eigenvalue weighted by Crippen LogP contribution is 2.34. The maximum Gasteiger partial charge on any atom is 0.416 e. The summed E-state index contributed by atoms with van der Waals surface area (Å²) in [5, 5.41) is 7.76. The van der Waals surface area contributed by atoms with E-state index < -0.39 is 17.8 Å². The third-order valence-corrected chi connectivity index (χ3v) is 3.98. The number of nitrogens with zero attached hydrogens (tertiary/aromatic N) is 2. The van der Waals surface area contributed by atoms with E-state index in [9.17, 15) is 18.0 Å². The molecular weight excluding hydrogens is 415 g/mol. The van der Waals surface area contributed by atoms with Crippen LogP contribution in [0.4, 0.5) is 35.2 Å². The number of benzene rings is 2. The molecule has 3 N–H and O–H groups in total. The average molecular weight is 433 g/mol. The molecule has 1 heterocycles. The van der Waals surface area contributed by atoms with E-state index in [-0.39, 0.29) is 11.6 Å². The summed E-state index contributed by atoms with van der Waals surface area (Å²) >= 11 is 0. The Bertz CT molecular complexity index is 1080. The Morgan fingerprint density at radius 3 is 2.39 bits per heavy atom. The van der Waals surface area contributed by atoms with Gasteiger partial charge >= 0.3 is 12.2 Å². The molecule has 1 aromatic heterocycles. The minimum atomic E-state index is -4.50. The number of carbonyl (C=O) groups excluding carboxylic acids is 1. The van der Waals surface area contributed by atoms with E-state index >= 15 is 0 Å². The van der Waals surface area contributed by atoms with Gasteiger partial charge in [-0.3, -0.25) is 0 Å². The molecule has 0 saturated heterocycles. The van der Waals surface area contributed by atoms with Crippen molar-refractivity contribution >= 4 is 23.2 Å². The zero-order valence-electron chi connectivity index (χ0n) is 16.4. The number of rotatable bonds is 6. The van der Waals surface area contributed by atoms with Gasteiger partial charge in [0.15, 0.2) is 11.5 Å². The maximum absolute atomic E-state index is 12.8. The Labute approximate surface area is 175 Å². The number of hydrogen-bond donors (Lipinski definition) is 3. The SMILES string of the molecule is CNc1cc(Oc2ccc(NC(=O)Nc3cccc(C(F)(F)F)c3)cc2OC)ncn1. The van der Waals surface area contributed by atoms with Crippen molar-refractivity contribution in [2.45, 2.75) is 6.18 Å². The fourth-order valence-electron chi connectivity index (χ4n) is 2.54. The molecule has 11 heteroatoms. The summed E-state index contributed by atoms with van der Waals surface area (Å²) in [6, 6.07) is 9.80. The van der Waals surface area contributed by atoms with Crippen molar-refractivity contribution in [3.05, 3.63) is 60.4 Å². The molecule has 0 spiro atoms. The predicted molar refractivity (Wildman–Crippen MR) is 109 cm³/mol. The van der Waals surface area contributed by atoms with E-state index in [1.165, 1.54) is 31.6 Å². The Balaban J connectivity index is 1.70. The minimum Gasteiger partial charge on any atom is -0.493 e. The number of ether oxygens (including phenoxy) is 2. The molecule has 31 heavy (non-hydrogen) atoms. The number of alkyl halides is 3. The lowest BCUT2D eigenvalue weighted by Gasteiger charge is -2.13. The Morgan fingerprint density at radius 2 is 1.71 bits per heavy atom. The molecule has 0 bridgehead atoms. The molecular formula is C20H18F3N5O3. The van der Waals surface area contributed by atoms with Crippen molar-refractivity contribution in [2.24, 2.45) is 0 Å². The molecule has 0 aliphatic heterocycles. The largest absolute Gasteiger partial charge is 0.493 e. The molecule has 162 valence electrons. The highest BCUT2D eigenvalue weighted by molar-refractivity contribution is 6.00. The van der Waals surface area contributed by atoms with Gasteiger partial charge in [-0.2, -0.15) is 13.2 Å². The number of urea groups is 1. The zero-order chi connectivity index (χ0) is 22.4. The van der Waals surface area contributed by atoms with Crippen molar-refractivity contribution in [3.63, 3.8) is 0 Å². The summed E-state index contributed by atoms with van der Waals surface area (Å²) in [6.45, 7) is 0. The number of aromatic nitrogens is 2. The summed E-state index contributed by atoms with van der Waals surface area (Å²) < 4.78 is 49.4. The first-order chi connectivity index (χ1) is 14.8. The molecule has 0 fully saturated rings. The lowest BCUT2D eigenvalue weighted by Crippen LogP contribution is -2.19. The van der Waals surface area contributed by atoms with Gasteiger partial charge in [-0.15, -0.1) is 0 Å². The predicted octanol–water partition coefficient (Wildman–Crippen LogP) is 4.98. The van der Waals surface area contributed by atoms with Gasteiger partial charge in [-0.05, 0) is 30.3 Å². The molecule has 0 aliphatic carbocycles. The number of carbonyl (C=O) groups is 1. The van der Waals surface area contributed by atoms with E-state index in [4.69, 9.17) is 9.47 Å². The van der Waals surface area contributed by atoms with Crippen LogP contribution in [0.2, 0.25) is 0 Å². The number of methoxy groups -OCH3 is 1. The van der Waals surface area contributed by atoms with Crippen molar-refractivity contribution in [3.8, 4) is 17.4 Å². The van der Waals surface area contributed by atoms with Gasteiger partial charge in [0.25, 0.3) is 0 Å². The van der Waals surface area contributed by atoms with Gasteiger partial charge in [0.2, 0.25) is 5.88 Å². The van der Waals surface area contributed by atoms with Crippen LogP contribution in [0.25, 0.3) is 0 Å². The summed E-state index contributed by atoms with van der Waals surface area (Å²) in [5.41, 5.74) is -0.518. The van der Waals surface area contributed by atoms with Crippen molar-refractivity contribution < 1.29 is 27.4 Å². The molecule has 0 aliphatic rings. The van der Waals surface area contributed by atoms with Crippen molar-refractivity contribution in [1.82, 2.24) is 9.97 Å². The molecule has 3 aromatic rings. The molecule has 0 unspecified atom stereocenters. The first-order valence-electron chi connectivity index (χ1n) is 8.89. The van der Waals surface area contributed by atoms with Crippen LogP contribution in [0.15, 0.2) is 54.9 Å². The summed E-state index contributed by atoms with van der Waals surface area (Å²) in [4.78, 5) is 20.2. The van der Waals surface area contributed by atoms with E-state index in [0.717, 1.165) is 12.1 Å². The smallest absolute Gasteiger partial charge is 0.416 e. The number of amides is 2. The van der Waals surface area contributed by atoms with Crippen LogP contribution in [0, 0.1) is 0 Å². The number of nitrogens with one attached hydrogen (secondary N) is 3. The highest BCUT2D eigenvalue weighted by Gasteiger charge is 2.30. The van der Waals surface area contributed by atoms with Crippen LogP contribution in [-0.4, -0.2) is 30.2 Å². The third kappa shape index (κ3) is 5.75. The molecule has 2 amide bonds. The number of halogens is 3. The van der Waals surface area contributed by atoms with E-state index in [0.29, 0.717) is 23.0 Å². The lowest BCUT2D eigenvalue weighted by atomic mass is 10.2. The Hall–Kier alpha value is -4.02. The van der Waals surface area contributed by atoms with Crippen molar-refractivity contribution in [2.75, 3.05) is 30.1 Å². The van der Waals surface area contributed by atoms with E-state index in [1.807, 2.05) is 0 Å².